The van der Waals surface area contributed by atoms with Crippen molar-refractivity contribution in [1.29, 1.82) is 0 Å². The molecule has 0 amide bonds. The Morgan fingerprint density at radius 3 is 2.41 bits per heavy atom. The number of hydrogen-bond donors (Lipinski definition) is 5. The zero-order chi connectivity index (χ0) is 27.3. The zero-order valence-corrected chi connectivity index (χ0v) is 22.7. The van der Waals surface area contributed by atoms with Crippen LogP contribution in [0.3, 0.4) is 0 Å². The van der Waals surface area contributed by atoms with Crippen molar-refractivity contribution < 1.29 is 39.9 Å². The molecule has 5 rings (SSSR count). The maximum atomic E-state index is 13.3. The van der Waals surface area contributed by atoms with Gasteiger partial charge >= 0.3 is 5.97 Å². The maximum absolute atomic E-state index is 13.3. The van der Waals surface area contributed by atoms with Gasteiger partial charge in [-0.25, -0.2) is 0 Å². The lowest BCUT2D eigenvalue weighted by Crippen LogP contribution is -2.63. The van der Waals surface area contributed by atoms with Gasteiger partial charge in [-0.05, 0) is 87.7 Å². The van der Waals surface area contributed by atoms with Crippen LogP contribution in [-0.2, 0) is 14.3 Å². The average molecular weight is 521 g/mol. The van der Waals surface area contributed by atoms with Crippen molar-refractivity contribution in [2.45, 2.75) is 115 Å². The van der Waals surface area contributed by atoms with Crippen LogP contribution >= 0.6 is 0 Å². The van der Waals surface area contributed by atoms with Crippen molar-refractivity contribution in [3.63, 3.8) is 0 Å². The lowest BCUT2D eigenvalue weighted by Gasteiger charge is -2.60. The van der Waals surface area contributed by atoms with Crippen LogP contribution in [0.25, 0.3) is 0 Å². The standard InChI is InChI=1S/C29H44O8/c1-14-16(15(2)37-25(14)34)10-24(33)28(5,35)23-7-9-29(36)18-11-20(30)19-12-21(31)22(32)13-26(19,3)17(18)6-8-27(23,29)4/h11,14-17,19,21-24,31-33,35-36H,6-10,12-13H2,1-5H3/t14-,15+,16+,17+,19+,21+,22-,23-,24-,26-,27-,28-,29-/m1/s1. The van der Waals surface area contributed by atoms with Gasteiger partial charge in [0.1, 0.15) is 6.10 Å². The summed E-state index contributed by atoms with van der Waals surface area (Å²) in [6.07, 6.45) is 1.21. The van der Waals surface area contributed by atoms with E-state index in [4.69, 9.17) is 4.74 Å². The molecule has 4 aliphatic carbocycles. The van der Waals surface area contributed by atoms with Gasteiger partial charge in [0, 0.05) is 17.3 Å². The van der Waals surface area contributed by atoms with Crippen molar-refractivity contribution >= 4 is 11.8 Å². The largest absolute Gasteiger partial charge is 0.462 e. The smallest absolute Gasteiger partial charge is 0.309 e. The first-order chi connectivity index (χ1) is 17.1. The van der Waals surface area contributed by atoms with Gasteiger partial charge in [-0.15, -0.1) is 0 Å². The van der Waals surface area contributed by atoms with E-state index in [9.17, 15) is 35.1 Å². The van der Waals surface area contributed by atoms with Crippen LogP contribution in [0.4, 0.5) is 0 Å². The molecule has 1 saturated heterocycles. The molecule has 208 valence electrons. The Morgan fingerprint density at radius 2 is 1.78 bits per heavy atom. The van der Waals surface area contributed by atoms with Crippen molar-refractivity contribution in [2.75, 3.05) is 0 Å². The lowest BCUT2D eigenvalue weighted by atomic mass is 9.45. The van der Waals surface area contributed by atoms with Crippen LogP contribution in [-0.4, -0.2) is 72.9 Å². The molecule has 1 aliphatic heterocycles. The molecule has 13 atom stereocenters. The van der Waals surface area contributed by atoms with Crippen LogP contribution in [0.15, 0.2) is 11.6 Å². The minimum absolute atomic E-state index is 0.104. The summed E-state index contributed by atoms with van der Waals surface area (Å²) in [7, 11) is 0. The number of hydrogen-bond acceptors (Lipinski definition) is 8. The Balaban J connectivity index is 1.44. The molecular weight excluding hydrogens is 476 g/mol. The van der Waals surface area contributed by atoms with Gasteiger partial charge in [-0.3, -0.25) is 9.59 Å². The number of carbonyl (C=O) groups is 2. The number of ketones is 1. The lowest BCUT2D eigenvalue weighted by molar-refractivity contribution is -0.178. The number of aliphatic hydroxyl groups is 5. The van der Waals surface area contributed by atoms with Crippen LogP contribution in [0.1, 0.15) is 79.6 Å². The third kappa shape index (κ3) is 3.65. The summed E-state index contributed by atoms with van der Waals surface area (Å²) in [4.78, 5) is 25.4. The van der Waals surface area contributed by atoms with E-state index in [-0.39, 0.29) is 48.5 Å². The number of carbonyl (C=O) groups excluding carboxylic acids is 2. The topological polar surface area (TPSA) is 145 Å². The second kappa shape index (κ2) is 8.59. The molecule has 5 aliphatic rings. The third-order valence-corrected chi connectivity index (χ3v) is 11.9. The van der Waals surface area contributed by atoms with Crippen molar-refractivity contribution in [1.82, 2.24) is 0 Å². The molecular formula is C29H44O8. The van der Waals surface area contributed by atoms with Gasteiger partial charge in [0.2, 0.25) is 0 Å². The molecule has 3 saturated carbocycles. The number of esters is 1. The molecule has 0 radical (unpaired) electrons. The van der Waals surface area contributed by atoms with Crippen LogP contribution in [0.5, 0.6) is 0 Å². The molecule has 4 fully saturated rings. The number of aliphatic hydroxyl groups excluding tert-OH is 3. The highest BCUT2D eigenvalue weighted by Crippen LogP contribution is 2.68. The van der Waals surface area contributed by atoms with E-state index >= 15 is 0 Å². The molecule has 37 heavy (non-hydrogen) atoms. The first-order valence-electron chi connectivity index (χ1n) is 14.0. The van der Waals surface area contributed by atoms with Gasteiger partial charge in [-0.1, -0.05) is 20.8 Å². The number of cyclic esters (lactones) is 1. The van der Waals surface area contributed by atoms with Gasteiger partial charge in [0.25, 0.3) is 0 Å². The fourth-order valence-electron chi connectivity index (χ4n) is 9.39. The van der Waals surface area contributed by atoms with Crippen molar-refractivity contribution in [2.24, 2.45) is 40.4 Å². The van der Waals surface area contributed by atoms with Crippen LogP contribution < -0.4 is 0 Å². The van der Waals surface area contributed by atoms with Crippen molar-refractivity contribution in [3.05, 3.63) is 11.6 Å². The first kappa shape index (κ1) is 27.3. The molecule has 8 nitrogen and oxygen atoms in total. The summed E-state index contributed by atoms with van der Waals surface area (Å²) in [6.45, 7) is 9.21. The predicted molar refractivity (Wildman–Crippen MR) is 134 cm³/mol. The summed E-state index contributed by atoms with van der Waals surface area (Å²) in [6, 6.07) is 0. The molecule has 0 aromatic heterocycles. The number of rotatable bonds is 4. The van der Waals surface area contributed by atoms with Crippen LogP contribution in [0.2, 0.25) is 0 Å². The molecule has 0 bridgehead atoms. The van der Waals surface area contributed by atoms with Gasteiger partial charge in [0.05, 0.1) is 35.4 Å². The van der Waals surface area contributed by atoms with Crippen molar-refractivity contribution in [3.8, 4) is 0 Å². The zero-order valence-electron chi connectivity index (χ0n) is 22.7. The third-order valence-electron chi connectivity index (χ3n) is 11.9. The van der Waals surface area contributed by atoms with Gasteiger partial charge in [0.15, 0.2) is 5.78 Å². The second-order valence-electron chi connectivity index (χ2n) is 13.7. The first-order valence-corrected chi connectivity index (χ1v) is 14.0. The highest BCUT2D eigenvalue weighted by molar-refractivity contribution is 5.95. The van der Waals surface area contributed by atoms with Gasteiger partial charge < -0.3 is 30.3 Å². The molecule has 0 aromatic rings. The normalized spacial score (nSPS) is 51.9. The Labute approximate surface area is 219 Å². The minimum atomic E-state index is -1.52. The van der Waals surface area contributed by atoms with E-state index in [0.29, 0.717) is 37.7 Å². The SMILES string of the molecule is C[C@@H]1OC(=O)[C@H](C)[C@@H]1C[C@@H](O)[C@](C)(O)[C@@H]1CC[C@@]2(O)C3=CC(=O)[C@@H]4C[C@H](O)[C@H](O)C[C@]4(C)[C@H]3CC[C@]12C. The average Bonchev–Trinajstić information content (AvgIpc) is 3.23. The summed E-state index contributed by atoms with van der Waals surface area (Å²) in [5.41, 5.74) is -3.47. The molecule has 0 spiro atoms. The fraction of sp³-hybridized carbons (Fsp3) is 0.862. The summed E-state index contributed by atoms with van der Waals surface area (Å²) >= 11 is 0. The monoisotopic (exact) mass is 520 g/mol. The Kier molecular flexibility index (Phi) is 6.33. The maximum Gasteiger partial charge on any atom is 0.309 e. The molecule has 0 unspecified atom stereocenters. The van der Waals surface area contributed by atoms with E-state index in [2.05, 4.69) is 0 Å². The summed E-state index contributed by atoms with van der Waals surface area (Å²) in [5.74, 6) is -1.88. The number of fused-ring (bicyclic) bond motifs is 5. The highest BCUT2D eigenvalue weighted by atomic mass is 16.6. The Bertz CT molecular complexity index is 1010. The Morgan fingerprint density at radius 1 is 1.11 bits per heavy atom. The van der Waals surface area contributed by atoms with E-state index < -0.39 is 52.2 Å². The Hall–Kier alpha value is -1.32. The number of ether oxygens (including phenoxy) is 1. The minimum Gasteiger partial charge on any atom is -0.462 e. The molecule has 1 heterocycles. The van der Waals surface area contributed by atoms with E-state index in [0.717, 1.165) is 0 Å². The summed E-state index contributed by atoms with van der Waals surface area (Å²) in [5, 5.41) is 56.2. The van der Waals surface area contributed by atoms with E-state index in [1.807, 2.05) is 20.8 Å². The molecule has 0 aromatic carbocycles. The quantitative estimate of drug-likeness (QED) is 0.354. The van der Waals surface area contributed by atoms with E-state index in [1.54, 1.807) is 19.9 Å². The second-order valence-corrected chi connectivity index (χ2v) is 13.7. The van der Waals surface area contributed by atoms with E-state index in [1.165, 1.54) is 0 Å². The summed E-state index contributed by atoms with van der Waals surface area (Å²) < 4.78 is 5.34. The highest BCUT2D eigenvalue weighted by Gasteiger charge is 2.69. The number of allylic oxidation sites excluding steroid dienone is 1. The van der Waals surface area contributed by atoms with Gasteiger partial charge in [-0.2, -0.15) is 0 Å². The molecule has 5 N–H and O–H groups in total. The fourth-order valence-corrected chi connectivity index (χ4v) is 9.39. The molecule has 8 heteroatoms. The predicted octanol–water partition coefficient (Wildman–Crippen LogP) is 1.89. The van der Waals surface area contributed by atoms with Crippen LogP contribution in [0, 0.1) is 40.4 Å².